The maximum absolute atomic E-state index is 6.39. The first-order valence-electron chi connectivity index (χ1n) is 9.17. The second-order valence-electron chi connectivity index (χ2n) is 9.48. The van der Waals surface area contributed by atoms with E-state index < -0.39 is 0 Å². The highest BCUT2D eigenvalue weighted by molar-refractivity contribution is 5.04. The molecule has 0 aromatic carbocycles. The van der Waals surface area contributed by atoms with Crippen LogP contribution in [0.15, 0.2) is 0 Å². The Bertz CT molecular complexity index is 329. The van der Waals surface area contributed by atoms with E-state index in [9.17, 15) is 0 Å². The largest absolute Gasteiger partial charge is 0.329 e. The van der Waals surface area contributed by atoms with Crippen LogP contribution in [0.5, 0.6) is 0 Å². The monoisotopic (exact) mass is 294 g/mol. The van der Waals surface area contributed by atoms with Crippen LogP contribution in [0.4, 0.5) is 0 Å². The molecule has 2 rings (SSSR count). The van der Waals surface area contributed by atoms with Crippen molar-refractivity contribution < 1.29 is 0 Å². The fourth-order valence-corrected chi connectivity index (χ4v) is 5.81. The van der Waals surface area contributed by atoms with Crippen LogP contribution < -0.4 is 5.73 Å². The zero-order valence-corrected chi connectivity index (χ0v) is 15.2. The van der Waals surface area contributed by atoms with Gasteiger partial charge in [-0.15, -0.1) is 0 Å². The Labute approximate surface area is 132 Å². The molecule has 0 spiro atoms. The predicted octanol–water partition coefficient (Wildman–Crippen LogP) is 4.43. The second-order valence-corrected chi connectivity index (χ2v) is 9.48. The summed E-state index contributed by atoms with van der Waals surface area (Å²) in [5.74, 6) is 0.939. The minimum Gasteiger partial charge on any atom is -0.329 e. The molecule has 2 fully saturated rings. The highest BCUT2D eigenvalue weighted by atomic mass is 15.2. The molecule has 0 amide bonds. The van der Waals surface area contributed by atoms with Crippen LogP contribution in [-0.4, -0.2) is 30.1 Å². The molecule has 0 bridgehead atoms. The van der Waals surface area contributed by atoms with Crippen LogP contribution in [0.2, 0.25) is 0 Å². The minimum absolute atomic E-state index is 0.244. The zero-order chi connectivity index (χ0) is 15.7. The number of likely N-dealkylation sites (tertiary alicyclic amines) is 1. The molecule has 2 heteroatoms. The summed E-state index contributed by atoms with van der Waals surface area (Å²) >= 11 is 0. The molecule has 1 unspecified atom stereocenters. The topological polar surface area (TPSA) is 29.3 Å². The standard InChI is InChI=1S/C19H38N2/c1-6-16-8-7-10-21(11-9-16)19(15-20)13-17(2,3)12-18(4,5)14-19/h16H,6-15,20H2,1-5H3. The van der Waals surface area contributed by atoms with Crippen LogP contribution >= 0.6 is 0 Å². The number of nitrogens with two attached hydrogens (primary N) is 1. The van der Waals surface area contributed by atoms with E-state index in [0.717, 1.165) is 12.5 Å². The van der Waals surface area contributed by atoms with E-state index in [2.05, 4.69) is 39.5 Å². The van der Waals surface area contributed by atoms with Gasteiger partial charge in [-0.25, -0.2) is 0 Å². The molecule has 1 saturated heterocycles. The normalized spacial score (nSPS) is 32.6. The van der Waals surface area contributed by atoms with Crippen molar-refractivity contribution in [1.29, 1.82) is 0 Å². The van der Waals surface area contributed by atoms with Crippen LogP contribution in [0.3, 0.4) is 0 Å². The van der Waals surface area contributed by atoms with Crippen molar-refractivity contribution >= 4 is 0 Å². The molecular weight excluding hydrogens is 256 g/mol. The summed E-state index contributed by atoms with van der Waals surface area (Å²) in [6.45, 7) is 15.5. The summed E-state index contributed by atoms with van der Waals surface area (Å²) in [6.07, 6.45) is 9.38. The van der Waals surface area contributed by atoms with Gasteiger partial charge in [-0.3, -0.25) is 4.90 Å². The number of nitrogens with zero attached hydrogens (tertiary/aromatic N) is 1. The molecule has 1 aliphatic heterocycles. The van der Waals surface area contributed by atoms with Crippen molar-refractivity contribution in [1.82, 2.24) is 4.90 Å². The number of rotatable bonds is 3. The molecule has 2 N–H and O–H groups in total. The van der Waals surface area contributed by atoms with E-state index in [-0.39, 0.29) is 5.54 Å². The molecular formula is C19H38N2. The lowest BCUT2D eigenvalue weighted by Crippen LogP contribution is -2.61. The third kappa shape index (κ3) is 4.01. The first-order chi connectivity index (χ1) is 9.72. The van der Waals surface area contributed by atoms with Crippen molar-refractivity contribution in [2.24, 2.45) is 22.5 Å². The Hall–Kier alpha value is -0.0800. The van der Waals surface area contributed by atoms with Crippen molar-refractivity contribution in [2.45, 2.75) is 85.1 Å². The predicted molar refractivity (Wildman–Crippen MR) is 92.4 cm³/mol. The first-order valence-corrected chi connectivity index (χ1v) is 9.17. The lowest BCUT2D eigenvalue weighted by atomic mass is 9.58. The van der Waals surface area contributed by atoms with E-state index in [0.29, 0.717) is 10.8 Å². The summed E-state index contributed by atoms with van der Waals surface area (Å²) in [7, 11) is 0. The smallest absolute Gasteiger partial charge is 0.0341 e. The number of hydrogen-bond acceptors (Lipinski definition) is 2. The zero-order valence-electron chi connectivity index (χ0n) is 15.2. The highest BCUT2D eigenvalue weighted by Crippen LogP contribution is 2.52. The molecule has 124 valence electrons. The van der Waals surface area contributed by atoms with Gasteiger partial charge >= 0.3 is 0 Å². The van der Waals surface area contributed by atoms with Gasteiger partial charge in [0.2, 0.25) is 0 Å². The van der Waals surface area contributed by atoms with Crippen molar-refractivity contribution in [3.8, 4) is 0 Å². The maximum Gasteiger partial charge on any atom is 0.0341 e. The van der Waals surface area contributed by atoms with Crippen LogP contribution in [0.25, 0.3) is 0 Å². The second kappa shape index (κ2) is 6.20. The molecule has 1 aliphatic carbocycles. The average molecular weight is 295 g/mol. The third-order valence-corrected chi connectivity index (χ3v) is 6.05. The van der Waals surface area contributed by atoms with Crippen molar-refractivity contribution in [3.05, 3.63) is 0 Å². The van der Waals surface area contributed by atoms with Gasteiger partial charge in [-0.2, -0.15) is 0 Å². The maximum atomic E-state index is 6.39. The molecule has 0 aromatic rings. The summed E-state index contributed by atoms with van der Waals surface area (Å²) in [4.78, 5) is 2.80. The quantitative estimate of drug-likeness (QED) is 0.834. The first kappa shape index (κ1) is 17.3. The summed E-state index contributed by atoms with van der Waals surface area (Å²) in [5.41, 5.74) is 7.46. The Morgan fingerprint density at radius 1 is 0.952 bits per heavy atom. The molecule has 0 radical (unpaired) electrons. The summed E-state index contributed by atoms with van der Waals surface area (Å²) < 4.78 is 0. The molecule has 2 aliphatic rings. The van der Waals surface area contributed by atoms with Gasteiger partial charge in [0.15, 0.2) is 0 Å². The van der Waals surface area contributed by atoms with Gasteiger partial charge in [0.25, 0.3) is 0 Å². The summed E-state index contributed by atoms with van der Waals surface area (Å²) in [6, 6.07) is 0. The van der Waals surface area contributed by atoms with E-state index in [1.807, 2.05) is 0 Å². The Balaban J connectivity index is 2.20. The van der Waals surface area contributed by atoms with E-state index >= 15 is 0 Å². The lowest BCUT2D eigenvalue weighted by molar-refractivity contribution is -0.0427. The Kier molecular flexibility index (Phi) is 5.10. The van der Waals surface area contributed by atoms with Gasteiger partial charge in [0.05, 0.1) is 0 Å². The van der Waals surface area contributed by atoms with Gasteiger partial charge in [-0.05, 0) is 68.4 Å². The van der Waals surface area contributed by atoms with E-state index in [1.165, 1.54) is 58.0 Å². The highest BCUT2D eigenvalue weighted by Gasteiger charge is 2.49. The van der Waals surface area contributed by atoms with Crippen LogP contribution in [0, 0.1) is 16.7 Å². The van der Waals surface area contributed by atoms with E-state index in [4.69, 9.17) is 5.73 Å². The lowest BCUT2D eigenvalue weighted by Gasteiger charge is -2.56. The molecule has 1 heterocycles. The Morgan fingerprint density at radius 3 is 2.10 bits per heavy atom. The van der Waals surface area contributed by atoms with Crippen LogP contribution in [-0.2, 0) is 0 Å². The molecule has 0 aromatic heterocycles. The number of hydrogen-bond donors (Lipinski definition) is 1. The summed E-state index contributed by atoms with van der Waals surface area (Å²) in [5, 5.41) is 0. The average Bonchev–Trinajstić information content (AvgIpc) is 2.60. The third-order valence-electron chi connectivity index (χ3n) is 6.05. The SMILES string of the molecule is CCC1CCCN(C2(CN)CC(C)(C)CC(C)(C)C2)CC1. The molecule has 21 heavy (non-hydrogen) atoms. The molecule has 1 saturated carbocycles. The van der Waals surface area contributed by atoms with Gasteiger partial charge in [-0.1, -0.05) is 41.0 Å². The fraction of sp³-hybridized carbons (Fsp3) is 1.00. The van der Waals surface area contributed by atoms with Crippen molar-refractivity contribution in [2.75, 3.05) is 19.6 Å². The Morgan fingerprint density at radius 2 is 1.57 bits per heavy atom. The minimum atomic E-state index is 0.244. The van der Waals surface area contributed by atoms with Gasteiger partial charge < -0.3 is 5.73 Å². The van der Waals surface area contributed by atoms with Crippen LogP contribution in [0.1, 0.15) is 79.6 Å². The van der Waals surface area contributed by atoms with Gasteiger partial charge in [0, 0.05) is 12.1 Å². The molecule has 1 atom stereocenters. The van der Waals surface area contributed by atoms with E-state index in [1.54, 1.807) is 0 Å². The van der Waals surface area contributed by atoms with Crippen molar-refractivity contribution in [3.63, 3.8) is 0 Å². The fourth-order valence-electron chi connectivity index (χ4n) is 5.81. The van der Waals surface area contributed by atoms with Gasteiger partial charge in [0.1, 0.15) is 0 Å². The molecule has 2 nitrogen and oxygen atoms in total.